The predicted octanol–water partition coefficient (Wildman–Crippen LogP) is 10.3. The molecular formula is C29H27F9O2. The molecule has 3 rings (SSSR count). The number of carbonyl (C=O) groups is 1. The Kier molecular flexibility index (Phi) is 10.1. The fourth-order valence-electron chi connectivity index (χ4n) is 4.01. The van der Waals surface area contributed by atoms with Gasteiger partial charge in [-0.05, 0) is 76.6 Å². The molecule has 0 aliphatic heterocycles. The summed E-state index contributed by atoms with van der Waals surface area (Å²) in [4.78, 5) is 12.0. The first kappa shape index (κ1) is 32.7. The van der Waals surface area contributed by atoms with E-state index in [1.54, 1.807) is 13.8 Å². The van der Waals surface area contributed by atoms with Crippen LogP contribution in [0, 0.1) is 5.92 Å². The predicted molar refractivity (Wildman–Crippen MR) is 133 cm³/mol. The quantitative estimate of drug-likeness (QED) is 0.296. The standard InChI is InChI=1S/C27H21F9O2.C2H6/c1-14(2)7-23(24(37)38)19-9-16(15-3-5-20(6-4-15)25(28,29)30)8-17(10-19)18-11-21(26(31,32)33)13-22(12-18)27(34,35)36;1-2/h3-6,8-14,23H,7H2,1-2H3,(H,37,38);1-2H3. The molecule has 11 heteroatoms. The maximum atomic E-state index is 13.4. The highest BCUT2D eigenvalue weighted by Gasteiger charge is 2.37. The van der Waals surface area contributed by atoms with E-state index in [1.165, 1.54) is 18.2 Å². The van der Waals surface area contributed by atoms with Crippen LogP contribution in [0.1, 0.15) is 62.3 Å². The first-order chi connectivity index (χ1) is 18.4. The molecule has 40 heavy (non-hydrogen) atoms. The lowest BCUT2D eigenvalue weighted by atomic mass is 9.86. The molecule has 0 radical (unpaired) electrons. The summed E-state index contributed by atoms with van der Waals surface area (Å²) in [5.74, 6) is -2.58. The van der Waals surface area contributed by atoms with E-state index in [1.807, 2.05) is 13.8 Å². The Balaban J connectivity index is 0.00000274. The Morgan fingerprint density at radius 3 is 1.40 bits per heavy atom. The van der Waals surface area contributed by atoms with E-state index in [0.29, 0.717) is 12.1 Å². The van der Waals surface area contributed by atoms with Crippen LogP contribution in [0.4, 0.5) is 39.5 Å². The van der Waals surface area contributed by atoms with Crippen molar-refractivity contribution in [2.45, 2.75) is 58.6 Å². The fraction of sp³-hybridized carbons (Fsp3) is 0.345. The summed E-state index contributed by atoms with van der Waals surface area (Å²) in [7, 11) is 0. The Bertz CT molecular complexity index is 1270. The number of halogens is 9. The van der Waals surface area contributed by atoms with Gasteiger partial charge < -0.3 is 5.11 Å². The van der Waals surface area contributed by atoms with Crippen LogP contribution < -0.4 is 0 Å². The Labute approximate surface area is 225 Å². The van der Waals surface area contributed by atoms with Crippen molar-refractivity contribution in [2.75, 3.05) is 0 Å². The molecule has 2 nitrogen and oxygen atoms in total. The fourth-order valence-corrected chi connectivity index (χ4v) is 4.01. The van der Waals surface area contributed by atoms with Crippen molar-refractivity contribution in [3.05, 3.63) is 82.9 Å². The van der Waals surface area contributed by atoms with Gasteiger partial charge in [0.05, 0.1) is 22.6 Å². The van der Waals surface area contributed by atoms with Crippen molar-refractivity contribution in [3.63, 3.8) is 0 Å². The number of benzene rings is 3. The lowest BCUT2D eigenvalue weighted by molar-refractivity contribution is -0.143. The van der Waals surface area contributed by atoms with Crippen molar-refractivity contribution in [1.29, 1.82) is 0 Å². The highest BCUT2D eigenvalue weighted by Crippen LogP contribution is 2.41. The second-order valence-electron chi connectivity index (χ2n) is 9.23. The van der Waals surface area contributed by atoms with Crippen LogP contribution in [0.5, 0.6) is 0 Å². The number of alkyl halides is 9. The summed E-state index contributed by atoms with van der Waals surface area (Å²) in [6.07, 6.45) is -14.7. The van der Waals surface area contributed by atoms with E-state index in [2.05, 4.69) is 0 Å². The lowest BCUT2D eigenvalue weighted by Crippen LogP contribution is -2.14. The number of rotatable bonds is 6. The van der Waals surface area contributed by atoms with Crippen LogP contribution in [0.25, 0.3) is 22.3 Å². The third-order valence-electron chi connectivity index (χ3n) is 5.83. The molecule has 218 valence electrons. The molecule has 3 aromatic carbocycles. The van der Waals surface area contributed by atoms with Crippen LogP contribution in [0.2, 0.25) is 0 Å². The lowest BCUT2D eigenvalue weighted by Gasteiger charge is -2.19. The van der Waals surface area contributed by atoms with E-state index in [9.17, 15) is 49.4 Å². The summed E-state index contributed by atoms with van der Waals surface area (Å²) in [5, 5.41) is 9.80. The molecule has 1 atom stereocenters. The van der Waals surface area contributed by atoms with Gasteiger partial charge in [-0.25, -0.2) is 0 Å². The highest BCUT2D eigenvalue weighted by molar-refractivity contribution is 5.81. The second kappa shape index (κ2) is 12.3. The summed E-state index contributed by atoms with van der Waals surface area (Å²) < 4.78 is 120. The molecule has 1 unspecified atom stereocenters. The van der Waals surface area contributed by atoms with Gasteiger partial charge in [0.2, 0.25) is 0 Å². The van der Waals surface area contributed by atoms with E-state index in [4.69, 9.17) is 0 Å². The average molecular weight is 579 g/mol. The molecular weight excluding hydrogens is 551 g/mol. The van der Waals surface area contributed by atoms with Crippen LogP contribution in [-0.4, -0.2) is 11.1 Å². The third kappa shape index (κ3) is 8.25. The van der Waals surface area contributed by atoms with Gasteiger partial charge in [-0.2, -0.15) is 39.5 Å². The van der Waals surface area contributed by atoms with E-state index in [0.717, 1.165) is 24.3 Å². The van der Waals surface area contributed by atoms with Gasteiger partial charge in [0.1, 0.15) is 0 Å². The molecule has 0 heterocycles. The Morgan fingerprint density at radius 1 is 0.625 bits per heavy atom. The van der Waals surface area contributed by atoms with Gasteiger partial charge in [-0.3, -0.25) is 4.79 Å². The van der Waals surface area contributed by atoms with E-state index in [-0.39, 0.29) is 40.7 Å². The number of hydrogen-bond acceptors (Lipinski definition) is 1. The molecule has 0 bridgehead atoms. The van der Waals surface area contributed by atoms with Crippen molar-refractivity contribution in [3.8, 4) is 22.3 Å². The number of hydrogen-bond donors (Lipinski definition) is 1. The summed E-state index contributed by atoms with van der Waals surface area (Å²) in [6, 6.07) is 8.53. The smallest absolute Gasteiger partial charge is 0.416 e. The topological polar surface area (TPSA) is 37.3 Å². The zero-order valence-electron chi connectivity index (χ0n) is 21.9. The molecule has 0 saturated heterocycles. The SMILES string of the molecule is CC.CC(C)CC(C(=O)O)c1cc(-c2ccc(C(F)(F)F)cc2)cc(-c2cc(C(F)(F)F)cc(C(F)(F)F)c2)c1. The Morgan fingerprint density at radius 2 is 1.02 bits per heavy atom. The van der Waals surface area contributed by atoms with Crippen LogP contribution >= 0.6 is 0 Å². The molecule has 0 aliphatic carbocycles. The minimum atomic E-state index is -5.11. The molecule has 0 aromatic heterocycles. The number of carboxylic acid groups (broad SMARTS) is 1. The first-order valence-corrected chi connectivity index (χ1v) is 12.2. The third-order valence-corrected chi connectivity index (χ3v) is 5.83. The van der Waals surface area contributed by atoms with E-state index >= 15 is 0 Å². The molecule has 1 N–H and O–H groups in total. The normalized spacial score (nSPS) is 13.1. The second-order valence-corrected chi connectivity index (χ2v) is 9.23. The maximum absolute atomic E-state index is 13.4. The molecule has 0 spiro atoms. The summed E-state index contributed by atoms with van der Waals surface area (Å²) >= 11 is 0. The van der Waals surface area contributed by atoms with Crippen molar-refractivity contribution in [2.24, 2.45) is 5.92 Å². The minimum Gasteiger partial charge on any atom is -0.481 e. The highest BCUT2D eigenvalue weighted by atomic mass is 19.4. The maximum Gasteiger partial charge on any atom is 0.416 e. The van der Waals surface area contributed by atoms with Gasteiger partial charge >= 0.3 is 24.5 Å². The molecule has 3 aromatic rings. The Hall–Kier alpha value is -3.50. The van der Waals surface area contributed by atoms with Gasteiger partial charge in [0.15, 0.2) is 0 Å². The van der Waals surface area contributed by atoms with Crippen LogP contribution in [0.15, 0.2) is 60.7 Å². The van der Waals surface area contributed by atoms with Crippen molar-refractivity contribution in [1.82, 2.24) is 0 Å². The average Bonchev–Trinajstić information content (AvgIpc) is 2.86. The molecule has 0 fully saturated rings. The van der Waals surface area contributed by atoms with Crippen molar-refractivity contribution >= 4 is 5.97 Å². The van der Waals surface area contributed by atoms with Gasteiger partial charge in [0, 0.05) is 0 Å². The number of carboxylic acids is 1. The first-order valence-electron chi connectivity index (χ1n) is 12.2. The van der Waals surface area contributed by atoms with Gasteiger partial charge in [-0.1, -0.05) is 52.0 Å². The summed E-state index contributed by atoms with van der Waals surface area (Å²) in [5.41, 5.74) is -4.32. The zero-order chi connectivity index (χ0) is 30.6. The van der Waals surface area contributed by atoms with Gasteiger partial charge in [0.25, 0.3) is 0 Å². The number of aliphatic carboxylic acids is 1. The monoisotopic (exact) mass is 578 g/mol. The van der Waals surface area contributed by atoms with Crippen LogP contribution in [-0.2, 0) is 23.3 Å². The van der Waals surface area contributed by atoms with E-state index < -0.39 is 52.7 Å². The van der Waals surface area contributed by atoms with Gasteiger partial charge in [-0.15, -0.1) is 0 Å². The largest absolute Gasteiger partial charge is 0.481 e. The molecule has 0 aliphatic rings. The van der Waals surface area contributed by atoms with Crippen molar-refractivity contribution < 1.29 is 49.4 Å². The summed E-state index contributed by atoms with van der Waals surface area (Å²) in [6.45, 7) is 7.47. The molecule has 0 amide bonds. The van der Waals surface area contributed by atoms with Crippen LogP contribution in [0.3, 0.4) is 0 Å². The molecule has 0 saturated carbocycles. The zero-order valence-corrected chi connectivity index (χ0v) is 21.9. The minimum absolute atomic E-state index is 0.0249.